The van der Waals surface area contributed by atoms with Crippen LogP contribution in [-0.2, 0) is 11.3 Å². The van der Waals surface area contributed by atoms with E-state index < -0.39 is 5.76 Å². The first kappa shape index (κ1) is 17.0. The molecular weight excluding hydrogens is 337 g/mol. The molecule has 0 unspecified atom stereocenters. The summed E-state index contributed by atoms with van der Waals surface area (Å²) in [5.74, 6) is 0.267. The van der Waals surface area contributed by atoms with Gasteiger partial charge < -0.3 is 9.32 Å². The lowest BCUT2D eigenvalue weighted by Crippen LogP contribution is -2.46. The molecule has 2 aromatic rings. The van der Waals surface area contributed by atoms with Gasteiger partial charge in [-0.15, -0.1) is 5.10 Å². The van der Waals surface area contributed by atoms with E-state index in [4.69, 9.17) is 4.42 Å². The molecule has 7 heteroatoms. The van der Waals surface area contributed by atoms with E-state index in [2.05, 4.69) is 5.10 Å². The molecule has 1 aliphatic heterocycles. The van der Waals surface area contributed by atoms with Gasteiger partial charge in [-0.1, -0.05) is 19.3 Å². The van der Waals surface area contributed by atoms with E-state index >= 15 is 0 Å². The molecule has 1 saturated carbocycles. The van der Waals surface area contributed by atoms with Crippen molar-refractivity contribution < 1.29 is 13.6 Å². The molecule has 0 spiro atoms. The molecule has 2 fully saturated rings. The molecule has 0 bridgehead atoms. The number of rotatable bonds is 3. The SMILES string of the molecule is O=C(Cn1nc(-c2ccc(F)cc2)oc1=O)N1CC[C@H]2CCCC[C@@H]2C1. The van der Waals surface area contributed by atoms with Crippen molar-refractivity contribution in [3.8, 4) is 11.5 Å². The van der Waals surface area contributed by atoms with Crippen LogP contribution in [0.15, 0.2) is 33.5 Å². The van der Waals surface area contributed by atoms with Crippen molar-refractivity contribution in [1.82, 2.24) is 14.7 Å². The van der Waals surface area contributed by atoms with Gasteiger partial charge in [-0.25, -0.2) is 9.18 Å². The Morgan fingerprint density at radius 2 is 1.88 bits per heavy atom. The van der Waals surface area contributed by atoms with Gasteiger partial charge >= 0.3 is 5.76 Å². The maximum absolute atomic E-state index is 13.0. The molecule has 1 aromatic heterocycles. The minimum atomic E-state index is -0.676. The summed E-state index contributed by atoms with van der Waals surface area (Å²) < 4.78 is 19.2. The molecule has 2 heterocycles. The Morgan fingerprint density at radius 1 is 1.15 bits per heavy atom. The Morgan fingerprint density at radius 3 is 2.65 bits per heavy atom. The predicted molar refractivity (Wildman–Crippen MR) is 92.8 cm³/mol. The number of aromatic nitrogens is 2. The van der Waals surface area contributed by atoms with Gasteiger partial charge in [0.05, 0.1) is 0 Å². The summed E-state index contributed by atoms with van der Waals surface area (Å²) in [5.41, 5.74) is 0.498. The third-order valence-electron chi connectivity index (χ3n) is 5.63. The van der Waals surface area contributed by atoms with Crippen LogP contribution in [0.4, 0.5) is 4.39 Å². The molecule has 138 valence electrons. The predicted octanol–water partition coefficient (Wildman–Crippen LogP) is 2.68. The largest absolute Gasteiger partial charge is 0.437 e. The van der Waals surface area contributed by atoms with Gasteiger partial charge in [0.25, 0.3) is 0 Å². The molecule has 2 atom stereocenters. The summed E-state index contributed by atoms with van der Waals surface area (Å²) >= 11 is 0. The Labute approximate surface area is 150 Å². The average molecular weight is 359 g/mol. The zero-order valence-corrected chi connectivity index (χ0v) is 14.6. The van der Waals surface area contributed by atoms with E-state index in [1.54, 1.807) is 0 Å². The van der Waals surface area contributed by atoms with Crippen LogP contribution < -0.4 is 5.76 Å². The first-order valence-electron chi connectivity index (χ1n) is 9.22. The fourth-order valence-electron chi connectivity index (χ4n) is 4.17. The van der Waals surface area contributed by atoms with E-state index in [1.807, 2.05) is 4.90 Å². The van der Waals surface area contributed by atoms with Crippen molar-refractivity contribution in [2.75, 3.05) is 13.1 Å². The van der Waals surface area contributed by atoms with Crippen molar-refractivity contribution in [3.63, 3.8) is 0 Å². The van der Waals surface area contributed by atoms with Gasteiger partial charge in [0.15, 0.2) is 0 Å². The van der Waals surface area contributed by atoms with Gasteiger partial charge in [-0.05, 0) is 48.9 Å². The average Bonchev–Trinajstić information content (AvgIpc) is 3.02. The van der Waals surface area contributed by atoms with Gasteiger partial charge in [0, 0.05) is 18.7 Å². The smallest absolute Gasteiger partial charge is 0.388 e. The van der Waals surface area contributed by atoms with E-state index in [9.17, 15) is 14.0 Å². The summed E-state index contributed by atoms with van der Waals surface area (Å²) in [6.07, 6.45) is 6.05. The number of amides is 1. The molecule has 1 amide bonds. The molecule has 2 aliphatic rings. The lowest BCUT2D eigenvalue weighted by atomic mass is 9.75. The zero-order valence-electron chi connectivity index (χ0n) is 14.6. The van der Waals surface area contributed by atoms with Gasteiger partial charge in [0.1, 0.15) is 12.4 Å². The van der Waals surface area contributed by atoms with Crippen LogP contribution in [0.25, 0.3) is 11.5 Å². The number of benzene rings is 1. The van der Waals surface area contributed by atoms with Crippen LogP contribution in [-0.4, -0.2) is 33.7 Å². The number of hydrogen-bond acceptors (Lipinski definition) is 4. The Hall–Kier alpha value is -2.44. The maximum atomic E-state index is 13.0. The monoisotopic (exact) mass is 359 g/mol. The lowest BCUT2D eigenvalue weighted by Gasteiger charge is -2.41. The maximum Gasteiger partial charge on any atom is 0.437 e. The summed E-state index contributed by atoms with van der Waals surface area (Å²) in [6, 6.07) is 5.52. The van der Waals surface area contributed by atoms with Crippen LogP contribution in [0, 0.1) is 17.7 Å². The Bertz CT molecular complexity index is 842. The highest BCUT2D eigenvalue weighted by molar-refractivity contribution is 5.76. The fraction of sp³-hybridized carbons (Fsp3) is 0.526. The van der Waals surface area contributed by atoms with E-state index in [1.165, 1.54) is 49.9 Å². The molecule has 4 rings (SSSR count). The first-order valence-corrected chi connectivity index (χ1v) is 9.22. The van der Waals surface area contributed by atoms with E-state index in [0.717, 1.165) is 30.1 Å². The Kier molecular flexibility index (Phi) is 4.61. The molecule has 6 nitrogen and oxygen atoms in total. The number of fused-ring (bicyclic) bond motifs is 1. The lowest BCUT2D eigenvalue weighted by molar-refractivity contribution is -0.135. The summed E-state index contributed by atoms with van der Waals surface area (Å²) in [4.78, 5) is 26.5. The number of carbonyl (C=O) groups is 1. The van der Waals surface area contributed by atoms with Crippen LogP contribution in [0.2, 0.25) is 0 Å². The van der Waals surface area contributed by atoms with Crippen molar-refractivity contribution in [1.29, 1.82) is 0 Å². The molecule has 0 radical (unpaired) electrons. The van der Waals surface area contributed by atoms with Gasteiger partial charge in [-0.3, -0.25) is 4.79 Å². The highest BCUT2D eigenvalue weighted by Crippen LogP contribution is 2.36. The number of hydrogen-bond donors (Lipinski definition) is 0. The van der Waals surface area contributed by atoms with E-state index in [0.29, 0.717) is 11.5 Å². The minimum Gasteiger partial charge on any atom is -0.388 e. The van der Waals surface area contributed by atoms with Crippen molar-refractivity contribution in [2.24, 2.45) is 11.8 Å². The second kappa shape index (κ2) is 7.05. The van der Waals surface area contributed by atoms with E-state index in [-0.39, 0.29) is 24.2 Å². The van der Waals surface area contributed by atoms with Crippen LogP contribution >= 0.6 is 0 Å². The molecule has 1 saturated heterocycles. The van der Waals surface area contributed by atoms with Gasteiger partial charge in [-0.2, -0.15) is 4.68 Å². The number of piperidine rings is 1. The fourth-order valence-corrected chi connectivity index (χ4v) is 4.17. The number of likely N-dealkylation sites (tertiary alicyclic amines) is 1. The van der Waals surface area contributed by atoms with Crippen molar-refractivity contribution >= 4 is 5.91 Å². The van der Waals surface area contributed by atoms with Gasteiger partial charge in [0.2, 0.25) is 11.8 Å². The second-order valence-corrected chi connectivity index (χ2v) is 7.27. The molecular formula is C19H22FN3O3. The van der Waals surface area contributed by atoms with Crippen molar-refractivity contribution in [3.05, 3.63) is 40.6 Å². The third kappa shape index (κ3) is 3.43. The van der Waals surface area contributed by atoms with Crippen molar-refractivity contribution in [2.45, 2.75) is 38.6 Å². The summed E-state index contributed by atoms with van der Waals surface area (Å²) in [5, 5.41) is 4.09. The Balaban J connectivity index is 1.44. The second-order valence-electron chi connectivity index (χ2n) is 7.27. The highest BCUT2D eigenvalue weighted by Gasteiger charge is 2.33. The highest BCUT2D eigenvalue weighted by atomic mass is 19.1. The zero-order chi connectivity index (χ0) is 18.1. The number of halogens is 1. The quantitative estimate of drug-likeness (QED) is 0.845. The van der Waals surface area contributed by atoms with Crippen LogP contribution in [0.3, 0.4) is 0 Å². The summed E-state index contributed by atoms with van der Waals surface area (Å²) in [6.45, 7) is 1.40. The topological polar surface area (TPSA) is 68.3 Å². The number of carbonyl (C=O) groups excluding carboxylic acids is 1. The molecule has 26 heavy (non-hydrogen) atoms. The van der Waals surface area contributed by atoms with Crippen LogP contribution in [0.1, 0.15) is 32.1 Å². The third-order valence-corrected chi connectivity index (χ3v) is 5.63. The minimum absolute atomic E-state index is 0.0915. The normalized spacial score (nSPS) is 22.9. The first-order chi connectivity index (χ1) is 12.6. The number of nitrogens with zero attached hydrogens (tertiary/aromatic N) is 3. The standard InChI is InChI=1S/C19H22FN3O3/c20-16-7-5-14(6-8-16)18-21-23(19(25)26-18)12-17(24)22-10-9-13-3-1-2-4-15(13)11-22/h5-8,13,15H,1-4,9-12H2/t13-,15-/m1/s1. The molecule has 1 aromatic carbocycles. The summed E-state index contributed by atoms with van der Waals surface area (Å²) in [7, 11) is 0. The van der Waals surface area contributed by atoms with Crippen LogP contribution in [0.5, 0.6) is 0 Å². The molecule has 0 N–H and O–H groups in total. The molecule has 1 aliphatic carbocycles.